The van der Waals surface area contributed by atoms with Crippen molar-refractivity contribution in [2.24, 2.45) is 0 Å². The van der Waals surface area contributed by atoms with Crippen molar-refractivity contribution < 1.29 is 32.7 Å². The van der Waals surface area contributed by atoms with Gasteiger partial charge in [0.15, 0.2) is 0 Å². The van der Waals surface area contributed by atoms with Crippen molar-refractivity contribution in [2.75, 3.05) is 0 Å². The SMILES string of the molecule is CCC.C[CH-]C.C[CH-]C.[CH3-].[CH3-].[Y]. The van der Waals surface area contributed by atoms with E-state index >= 15 is 0 Å². The van der Waals surface area contributed by atoms with Gasteiger partial charge in [0.05, 0.1) is 0 Å². The first kappa shape index (κ1) is 38.0. The molecule has 0 aliphatic carbocycles. The standard InChI is InChI=1S/C3H8.2C3H7.2CH3.Y/c3*1-3-2;;;/h3H2,1-2H3;2*3H,1-2H3;2*1H3;/q;4*-1;. The molecule has 0 aliphatic rings. The van der Waals surface area contributed by atoms with Crippen molar-refractivity contribution in [3.63, 3.8) is 0 Å². The molecule has 0 aromatic heterocycles. The van der Waals surface area contributed by atoms with E-state index in [2.05, 4.69) is 13.8 Å². The van der Waals surface area contributed by atoms with E-state index in [-0.39, 0.29) is 47.6 Å². The monoisotopic (exact) mass is 249 g/mol. The summed E-state index contributed by atoms with van der Waals surface area (Å²) in [5.41, 5.74) is 0. The van der Waals surface area contributed by atoms with E-state index in [1.807, 2.05) is 40.5 Å². The van der Waals surface area contributed by atoms with Gasteiger partial charge in [0.1, 0.15) is 0 Å². The fourth-order valence-corrected chi connectivity index (χ4v) is 0. The van der Waals surface area contributed by atoms with E-state index in [4.69, 9.17) is 0 Å². The Morgan fingerprint density at radius 3 is 0.750 bits per heavy atom. The van der Waals surface area contributed by atoms with Crippen molar-refractivity contribution in [3.05, 3.63) is 27.7 Å². The molecule has 0 bridgehead atoms. The van der Waals surface area contributed by atoms with Gasteiger partial charge in [-0.05, 0) is 0 Å². The maximum atomic E-state index is 2.12. The third-order valence-corrected chi connectivity index (χ3v) is 0. The van der Waals surface area contributed by atoms with E-state index in [9.17, 15) is 0 Å². The van der Waals surface area contributed by atoms with Crippen LogP contribution in [0.2, 0.25) is 0 Å². The quantitative estimate of drug-likeness (QED) is 0.542. The zero-order valence-electron chi connectivity index (χ0n) is 10.4. The second-order valence-corrected chi connectivity index (χ2v) is 1.86. The molecular weight excluding hydrogens is 221 g/mol. The van der Waals surface area contributed by atoms with Gasteiger partial charge in [-0.2, -0.15) is 27.7 Å². The Balaban J connectivity index is -0.00000001000. The molecule has 0 spiro atoms. The fraction of sp³-hybridized carbons (Fsp3) is 0.636. The summed E-state index contributed by atoms with van der Waals surface area (Å²) in [6.45, 7) is 12.2. The number of rotatable bonds is 0. The van der Waals surface area contributed by atoms with Crippen LogP contribution in [0.1, 0.15) is 48.0 Å². The molecule has 0 aromatic carbocycles. The van der Waals surface area contributed by atoms with Gasteiger partial charge in [0, 0.05) is 32.7 Å². The van der Waals surface area contributed by atoms with Crippen LogP contribution < -0.4 is 0 Å². The largest absolute Gasteiger partial charge is 0.358 e. The zero-order valence-corrected chi connectivity index (χ0v) is 13.3. The minimum absolute atomic E-state index is 0. The van der Waals surface area contributed by atoms with Gasteiger partial charge in [0.2, 0.25) is 0 Å². The van der Waals surface area contributed by atoms with Gasteiger partial charge in [-0.1, -0.05) is 20.3 Å². The van der Waals surface area contributed by atoms with Crippen LogP contribution in [0.4, 0.5) is 0 Å². The zero-order chi connectivity index (χ0) is 8.12. The molecule has 0 amide bonds. The molecule has 1 heteroatoms. The molecule has 0 atom stereocenters. The second kappa shape index (κ2) is 88.6. The second-order valence-electron chi connectivity index (χ2n) is 1.86. The van der Waals surface area contributed by atoms with Gasteiger partial charge in [0.25, 0.3) is 0 Å². The van der Waals surface area contributed by atoms with Crippen LogP contribution in [0.5, 0.6) is 0 Å². The van der Waals surface area contributed by atoms with Gasteiger partial charge < -0.3 is 27.7 Å². The van der Waals surface area contributed by atoms with E-state index in [1.165, 1.54) is 6.42 Å². The Labute approximate surface area is 108 Å². The van der Waals surface area contributed by atoms with E-state index < -0.39 is 0 Å². The first-order valence-electron chi connectivity index (χ1n) is 3.72. The predicted octanol–water partition coefficient (Wildman–Crippen LogP) is 4.78. The Morgan fingerprint density at radius 1 is 0.750 bits per heavy atom. The molecule has 0 heterocycles. The predicted molar refractivity (Wildman–Crippen MR) is 60.1 cm³/mol. The van der Waals surface area contributed by atoms with Crippen LogP contribution >= 0.6 is 0 Å². The van der Waals surface area contributed by atoms with Crippen LogP contribution in [-0.4, -0.2) is 0 Å². The Morgan fingerprint density at radius 2 is 0.750 bits per heavy atom. The molecular formula is C11H28Y-4. The van der Waals surface area contributed by atoms with Crippen LogP contribution in [0, 0.1) is 27.7 Å². The molecule has 79 valence electrons. The molecule has 0 saturated heterocycles. The Hall–Kier alpha value is 1.10. The minimum atomic E-state index is 0. The van der Waals surface area contributed by atoms with Crippen molar-refractivity contribution in [3.8, 4) is 0 Å². The van der Waals surface area contributed by atoms with Crippen LogP contribution in [-0.2, 0) is 32.7 Å². The van der Waals surface area contributed by atoms with Gasteiger partial charge in [-0.15, -0.1) is 0 Å². The van der Waals surface area contributed by atoms with Crippen molar-refractivity contribution in [1.82, 2.24) is 0 Å². The van der Waals surface area contributed by atoms with Crippen LogP contribution in [0.3, 0.4) is 0 Å². The normalized spacial score (nSPS) is 4.50. The van der Waals surface area contributed by atoms with Gasteiger partial charge >= 0.3 is 0 Å². The van der Waals surface area contributed by atoms with Gasteiger partial charge in [-0.3, -0.25) is 0 Å². The average molecular weight is 249 g/mol. The summed E-state index contributed by atoms with van der Waals surface area (Å²) in [4.78, 5) is 0. The topological polar surface area (TPSA) is 0 Å². The molecule has 12 heavy (non-hydrogen) atoms. The first-order valence-corrected chi connectivity index (χ1v) is 3.72. The van der Waals surface area contributed by atoms with E-state index in [1.54, 1.807) is 0 Å². The van der Waals surface area contributed by atoms with E-state index in [0.29, 0.717) is 0 Å². The summed E-state index contributed by atoms with van der Waals surface area (Å²) in [5, 5.41) is 0. The molecule has 0 rings (SSSR count). The van der Waals surface area contributed by atoms with Crippen molar-refractivity contribution in [1.29, 1.82) is 0 Å². The van der Waals surface area contributed by atoms with Crippen molar-refractivity contribution in [2.45, 2.75) is 48.0 Å². The maximum absolute atomic E-state index is 2.12. The smallest absolute Gasteiger partial charge is 0 e. The van der Waals surface area contributed by atoms with Crippen molar-refractivity contribution >= 4 is 0 Å². The summed E-state index contributed by atoms with van der Waals surface area (Å²) in [6.07, 6.45) is 5.25. The van der Waals surface area contributed by atoms with E-state index in [0.717, 1.165) is 0 Å². The first-order chi connectivity index (χ1) is 4.24. The Bertz CT molecular complexity index is 9.72. The van der Waals surface area contributed by atoms with Crippen LogP contribution in [0.15, 0.2) is 0 Å². The summed E-state index contributed by atoms with van der Waals surface area (Å²) in [7, 11) is 0. The summed E-state index contributed by atoms with van der Waals surface area (Å²) < 4.78 is 0. The molecule has 0 fully saturated rings. The van der Waals surface area contributed by atoms with Crippen LogP contribution in [0.25, 0.3) is 0 Å². The minimum Gasteiger partial charge on any atom is -0.358 e. The molecule has 0 aliphatic heterocycles. The molecule has 0 nitrogen and oxygen atoms in total. The maximum Gasteiger partial charge on any atom is 0 e. The summed E-state index contributed by atoms with van der Waals surface area (Å²) in [5.74, 6) is 0. The molecule has 0 N–H and O–H groups in total. The summed E-state index contributed by atoms with van der Waals surface area (Å²) in [6, 6.07) is 0. The fourth-order valence-electron chi connectivity index (χ4n) is 0. The Kier molecular flexibility index (Phi) is 281. The number of hydrogen-bond acceptors (Lipinski definition) is 0. The average Bonchev–Trinajstić information content (AvgIpc) is 1.70. The molecule has 1 radical (unpaired) electrons. The summed E-state index contributed by atoms with van der Waals surface area (Å²) >= 11 is 0. The molecule has 0 unspecified atom stereocenters. The van der Waals surface area contributed by atoms with Gasteiger partial charge in [-0.25, -0.2) is 0 Å². The molecule has 0 aromatic rings. The third-order valence-electron chi connectivity index (χ3n) is 0. The third kappa shape index (κ3) is 930. The number of hydrogen-bond donors (Lipinski definition) is 0. The molecule has 0 saturated carbocycles.